The Bertz CT molecular complexity index is 887. The molecule has 7 nitrogen and oxygen atoms in total. The fourth-order valence-electron chi connectivity index (χ4n) is 2.47. The largest absolute Gasteiger partial charge is 0.494 e. The molecule has 0 spiro atoms. The second-order valence-electron chi connectivity index (χ2n) is 6.51. The van der Waals surface area contributed by atoms with E-state index in [9.17, 15) is 18.3 Å². The summed E-state index contributed by atoms with van der Waals surface area (Å²) < 4.78 is 31.1. The number of carbonyl (C=O) groups is 1. The van der Waals surface area contributed by atoms with Gasteiger partial charge >= 0.3 is 0 Å². The summed E-state index contributed by atoms with van der Waals surface area (Å²) in [6.45, 7) is 2.58. The van der Waals surface area contributed by atoms with Gasteiger partial charge in [0.15, 0.2) is 15.4 Å². The molecular weight excluding hydrogens is 414 g/mol. The molecular formula is C20H25NO6S2. The average Bonchev–Trinajstić information content (AvgIpc) is 2.72. The molecule has 1 amide bonds. The van der Waals surface area contributed by atoms with Crippen LogP contribution in [0, 0.1) is 0 Å². The van der Waals surface area contributed by atoms with Crippen molar-refractivity contribution in [2.75, 3.05) is 18.1 Å². The minimum absolute atomic E-state index is 0.0470. The summed E-state index contributed by atoms with van der Waals surface area (Å²) in [5.41, 5.74) is -0.948. The fraction of sp³-hybridized carbons (Fsp3) is 0.350. The Labute approximate surface area is 175 Å². The summed E-state index contributed by atoms with van der Waals surface area (Å²) in [6, 6.07) is 14.7. The van der Waals surface area contributed by atoms with Gasteiger partial charge in [0.25, 0.3) is 5.91 Å². The van der Waals surface area contributed by atoms with Crippen LogP contribution in [-0.4, -0.2) is 48.4 Å². The highest BCUT2D eigenvalue weighted by Crippen LogP contribution is 2.26. The van der Waals surface area contributed by atoms with Crippen LogP contribution in [0.1, 0.15) is 19.8 Å². The molecule has 0 saturated heterocycles. The molecule has 158 valence electrons. The van der Waals surface area contributed by atoms with Crippen molar-refractivity contribution in [3.05, 3.63) is 54.6 Å². The number of sulfone groups is 1. The lowest BCUT2D eigenvalue weighted by Crippen LogP contribution is -2.52. The number of nitrogens with one attached hydrogen (secondary N) is 1. The molecule has 0 aliphatic carbocycles. The van der Waals surface area contributed by atoms with E-state index in [4.69, 9.17) is 9.94 Å². The van der Waals surface area contributed by atoms with Crippen molar-refractivity contribution in [1.82, 2.24) is 5.48 Å². The third-order valence-electron chi connectivity index (χ3n) is 4.12. The molecule has 0 radical (unpaired) electrons. The minimum atomic E-state index is -4.01. The number of unbranched alkanes of at least 4 members (excludes halogenated alkanes) is 1. The monoisotopic (exact) mass is 439 g/mol. The Morgan fingerprint density at radius 2 is 1.79 bits per heavy atom. The Hall–Kier alpha value is -2.07. The maximum absolute atomic E-state index is 12.8. The summed E-state index contributed by atoms with van der Waals surface area (Å²) in [7, 11) is -4.01. The minimum Gasteiger partial charge on any atom is -0.494 e. The zero-order valence-corrected chi connectivity index (χ0v) is 17.7. The van der Waals surface area contributed by atoms with Crippen molar-refractivity contribution in [3.8, 4) is 5.75 Å². The zero-order valence-electron chi connectivity index (χ0n) is 16.1. The highest BCUT2D eigenvalue weighted by Gasteiger charge is 2.41. The van der Waals surface area contributed by atoms with Crippen LogP contribution < -0.4 is 10.2 Å². The molecule has 3 N–H and O–H groups in total. The first-order valence-electron chi connectivity index (χ1n) is 9.11. The van der Waals surface area contributed by atoms with Crippen molar-refractivity contribution in [2.45, 2.75) is 35.2 Å². The van der Waals surface area contributed by atoms with E-state index in [0.717, 1.165) is 29.5 Å². The van der Waals surface area contributed by atoms with E-state index >= 15 is 0 Å². The van der Waals surface area contributed by atoms with Gasteiger partial charge in [-0.25, -0.2) is 13.9 Å². The Kier molecular flexibility index (Phi) is 8.51. The molecule has 2 aromatic rings. The van der Waals surface area contributed by atoms with Gasteiger partial charge in [0.05, 0.1) is 17.3 Å². The summed E-state index contributed by atoms with van der Waals surface area (Å²) in [6.07, 6.45) is 1.88. The topological polar surface area (TPSA) is 113 Å². The van der Waals surface area contributed by atoms with E-state index in [0.29, 0.717) is 12.4 Å². The van der Waals surface area contributed by atoms with Crippen LogP contribution >= 0.6 is 11.8 Å². The number of aliphatic hydroxyl groups is 1. The Morgan fingerprint density at radius 1 is 1.14 bits per heavy atom. The van der Waals surface area contributed by atoms with Gasteiger partial charge in [-0.3, -0.25) is 10.0 Å². The highest BCUT2D eigenvalue weighted by atomic mass is 32.2. The number of rotatable bonds is 11. The van der Waals surface area contributed by atoms with Crippen molar-refractivity contribution < 1.29 is 28.3 Å². The molecule has 9 heteroatoms. The Morgan fingerprint density at radius 3 is 2.38 bits per heavy atom. The Balaban J connectivity index is 2.14. The van der Waals surface area contributed by atoms with Gasteiger partial charge in [-0.15, -0.1) is 11.8 Å². The smallest absolute Gasteiger partial charge is 0.277 e. The van der Waals surface area contributed by atoms with Crippen LogP contribution in [-0.2, 0) is 14.6 Å². The number of hydrogen-bond acceptors (Lipinski definition) is 7. The van der Waals surface area contributed by atoms with E-state index in [2.05, 4.69) is 0 Å². The van der Waals surface area contributed by atoms with Gasteiger partial charge in [-0.2, -0.15) is 0 Å². The molecule has 0 aromatic heterocycles. The first-order chi connectivity index (χ1) is 13.8. The third kappa shape index (κ3) is 6.74. The first kappa shape index (κ1) is 23.2. The molecule has 0 aliphatic heterocycles. The lowest BCUT2D eigenvalue weighted by molar-refractivity contribution is -0.144. The van der Waals surface area contributed by atoms with Crippen molar-refractivity contribution in [2.24, 2.45) is 0 Å². The summed E-state index contributed by atoms with van der Waals surface area (Å²) >= 11 is 1.11. The van der Waals surface area contributed by atoms with E-state index < -0.39 is 27.1 Å². The second-order valence-corrected chi connectivity index (χ2v) is 9.55. The van der Waals surface area contributed by atoms with Crippen LogP contribution in [0.15, 0.2) is 64.4 Å². The summed E-state index contributed by atoms with van der Waals surface area (Å²) in [5, 5.41) is 19.7. The molecule has 2 rings (SSSR count). The summed E-state index contributed by atoms with van der Waals surface area (Å²) in [4.78, 5) is 12.8. The number of hydroxylamine groups is 1. The normalized spacial score (nSPS) is 13.5. The molecule has 0 bridgehead atoms. The number of ether oxygens (including phenoxy) is 1. The van der Waals surface area contributed by atoms with Crippen molar-refractivity contribution in [3.63, 3.8) is 0 Å². The zero-order chi connectivity index (χ0) is 21.3. The predicted octanol–water partition coefficient (Wildman–Crippen LogP) is 2.67. The molecule has 0 aliphatic rings. The number of benzene rings is 2. The number of thioether (sulfide) groups is 1. The summed E-state index contributed by atoms with van der Waals surface area (Å²) in [5.74, 6) is -1.76. The third-order valence-corrected chi connectivity index (χ3v) is 7.20. The van der Waals surface area contributed by atoms with Gasteiger partial charge in [0, 0.05) is 10.6 Å². The van der Waals surface area contributed by atoms with Crippen LogP contribution in [0.3, 0.4) is 0 Å². The van der Waals surface area contributed by atoms with E-state index in [1.54, 1.807) is 24.3 Å². The molecule has 2 aromatic carbocycles. The molecule has 1 unspecified atom stereocenters. The molecule has 0 fully saturated rings. The lowest BCUT2D eigenvalue weighted by atomic mass is 10.1. The number of hydrogen-bond donors (Lipinski definition) is 3. The average molecular weight is 440 g/mol. The lowest BCUT2D eigenvalue weighted by Gasteiger charge is -2.25. The molecule has 0 heterocycles. The molecule has 1 atom stereocenters. The molecule has 29 heavy (non-hydrogen) atoms. The van der Waals surface area contributed by atoms with Gasteiger partial charge in [0.2, 0.25) is 0 Å². The quantitative estimate of drug-likeness (QED) is 0.213. The first-order valence-corrected chi connectivity index (χ1v) is 11.7. The van der Waals surface area contributed by atoms with Crippen LogP contribution in [0.2, 0.25) is 0 Å². The maximum atomic E-state index is 12.8. The van der Waals surface area contributed by atoms with Crippen LogP contribution in [0.4, 0.5) is 0 Å². The number of carbonyl (C=O) groups excluding carboxylic acids is 1. The number of amides is 1. The van der Waals surface area contributed by atoms with Crippen molar-refractivity contribution >= 4 is 27.5 Å². The van der Waals surface area contributed by atoms with Gasteiger partial charge in [-0.05, 0) is 42.8 Å². The molecule has 0 saturated carbocycles. The SMILES string of the molecule is CCCCOc1ccc(S(=O)(=O)CC(O)(CSc2ccccc2)C(=O)NO)cc1. The van der Waals surface area contributed by atoms with Crippen LogP contribution in [0.25, 0.3) is 0 Å². The van der Waals surface area contributed by atoms with E-state index in [1.165, 1.54) is 29.7 Å². The van der Waals surface area contributed by atoms with Crippen LogP contribution in [0.5, 0.6) is 5.75 Å². The van der Waals surface area contributed by atoms with Gasteiger partial charge in [0.1, 0.15) is 5.75 Å². The van der Waals surface area contributed by atoms with E-state index in [1.807, 2.05) is 13.0 Å². The van der Waals surface area contributed by atoms with Gasteiger partial charge < -0.3 is 9.84 Å². The van der Waals surface area contributed by atoms with Crippen molar-refractivity contribution in [1.29, 1.82) is 0 Å². The second kappa shape index (κ2) is 10.6. The predicted molar refractivity (Wildman–Crippen MR) is 111 cm³/mol. The van der Waals surface area contributed by atoms with E-state index in [-0.39, 0.29) is 10.6 Å². The maximum Gasteiger partial charge on any atom is 0.277 e. The standard InChI is InChI=1S/C20H25NO6S2/c1-2-3-13-27-16-9-11-18(12-10-16)29(25,26)15-20(23,19(22)21-24)14-28-17-7-5-4-6-8-17/h4-12,23-24H,2-3,13-15H2,1H3,(H,21,22). The van der Waals surface area contributed by atoms with Gasteiger partial charge in [-0.1, -0.05) is 31.5 Å². The fourth-order valence-corrected chi connectivity index (χ4v) is 5.17. The highest BCUT2D eigenvalue weighted by molar-refractivity contribution is 7.99.